The average molecular weight is 309 g/mol. The van der Waals surface area contributed by atoms with Crippen molar-refractivity contribution < 1.29 is 4.79 Å². The highest BCUT2D eigenvalue weighted by Crippen LogP contribution is 2.32. The number of tetrazole rings is 1. The summed E-state index contributed by atoms with van der Waals surface area (Å²) in [6.45, 7) is 0.985. The second-order valence-electron chi connectivity index (χ2n) is 4.83. The molecular formula is C12H13ClN6O2. The van der Waals surface area contributed by atoms with Gasteiger partial charge in [0.1, 0.15) is 0 Å². The lowest BCUT2D eigenvalue weighted by Gasteiger charge is -2.14. The van der Waals surface area contributed by atoms with Crippen molar-refractivity contribution in [2.24, 2.45) is 7.05 Å². The van der Waals surface area contributed by atoms with E-state index in [0.717, 1.165) is 10.2 Å². The van der Waals surface area contributed by atoms with Crippen LogP contribution in [0.25, 0.3) is 0 Å². The summed E-state index contributed by atoms with van der Waals surface area (Å²) in [6.07, 6.45) is 0. The summed E-state index contributed by atoms with van der Waals surface area (Å²) in [6, 6.07) is 3.30. The van der Waals surface area contributed by atoms with Gasteiger partial charge >= 0.3 is 5.69 Å². The number of hydrogen-bond donors (Lipinski definition) is 1. The molecule has 0 bridgehead atoms. The molecule has 1 aromatic carbocycles. The molecule has 0 radical (unpaired) electrons. The third-order valence-electron chi connectivity index (χ3n) is 3.50. The van der Waals surface area contributed by atoms with Crippen molar-refractivity contribution in [3.8, 4) is 0 Å². The van der Waals surface area contributed by atoms with Gasteiger partial charge in [-0.25, -0.2) is 4.79 Å². The first-order valence-corrected chi connectivity index (χ1v) is 6.69. The number of benzene rings is 1. The first-order valence-electron chi connectivity index (χ1n) is 6.32. The average Bonchev–Trinajstić information content (AvgIpc) is 2.95. The standard InChI is InChI=1S/C12H13ClN6O2/c1-17-12(21)19(16-15-17)5-4-18-6-7-8(13)2-3-9(14)10(7)11(18)20/h2-3H,4-6,14H2,1H3. The minimum absolute atomic E-state index is 0.179. The predicted molar refractivity (Wildman–Crippen MR) is 75.9 cm³/mol. The molecule has 0 aliphatic carbocycles. The van der Waals surface area contributed by atoms with Crippen LogP contribution in [-0.2, 0) is 20.1 Å². The molecule has 2 heterocycles. The number of aromatic nitrogens is 4. The fraction of sp³-hybridized carbons (Fsp3) is 0.333. The number of aryl methyl sites for hydroxylation is 1. The van der Waals surface area contributed by atoms with Crippen molar-refractivity contribution in [2.45, 2.75) is 13.1 Å². The van der Waals surface area contributed by atoms with Crippen molar-refractivity contribution in [1.29, 1.82) is 0 Å². The normalized spacial score (nSPS) is 13.8. The molecule has 0 saturated heterocycles. The largest absolute Gasteiger partial charge is 0.398 e. The van der Waals surface area contributed by atoms with Gasteiger partial charge in [0.05, 0.1) is 12.1 Å². The summed E-state index contributed by atoms with van der Waals surface area (Å²) in [7, 11) is 1.52. The molecule has 0 fully saturated rings. The summed E-state index contributed by atoms with van der Waals surface area (Å²) >= 11 is 6.10. The van der Waals surface area contributed by atoms with E-state index < -0.39 is 0 Å². The summed E-state index contributed by atoms with van der Waals surface area (Å²) in [5.41, 5.74) is 7.12. The number of amides is 1. The Labute approximate surface area is 124 Å². The molecule has 110 valence electrons. The highest BCUT2D eigenvalue weighted by atomic mass is 35.5. The van der Waals surface area contributed by atoms with E-state index in [1.165, 1.54) is 11.7 Å². The van der Waals surface area contributed by atoms with Crippen LogP contribution in [0.2, 0.25) is 5.02 Å². The van der Waals surface area contributed by atoms with Gasteiger partial charge < -0.3 is 10.6 Å². The second-order valence-corrected chi connectivity index (χ2v) is 5.23. The number of rotatable bonds is 3. The number of nitrogen functional groups attached to an aromatic ring is 1. The number of anilines is 1. The molecule has 21 heavy (non-hydrogen) atoms. The lowest BCUT2D eigenvalue weighted by atomic mass is 10.1. The molecule has 0 atom stereocenters. The monoisotopic (exact) mass is 308 g/mol. The van der Waals surface area contributed by atoms with Crippen LogP contribution in [0.4, 0.5) is 5.69 Å². The highest BCUT2D eigenvalue weighted by molar-refractivity contribution is 6.32. The van der Waals surface area contributed by atoms with E-state index in [1.54, 1.807) is 17.0 Å². The Morgan fingerprint density at radius 2 is 2.05 bits per heavy atom. The van der Waals surface area contributed by atoms with Gasteiger partial charge in [0, 0.05) is 36.4 Å². The quantitative estimate of drug-likeness (QED) is 0.796. The first-order chi connectivity index (χ1) is 9.99. The summed E-state index contributed by atoms with van der Waals surface area (Å²) in [4.78, 5) is 25.6. The Morgan fingerprint density at radius 1 is 1.29 bits per heavy atom. The molecule has 0 saturated carbocycles. The van der Waals surface area contributed by atoms with Gasteiger partial charge in [-0.2, -0.15) is 9.36 Å². The van der Waals surface area contributed by atoms with Gasteiger partial charge in [0.2, 0.25) is 0 Å². The minimum Gasteiger partial charge on any atom is -0.398 e. The second kappa shape index (κ2) is 4.88. The number of nitrogens with two attached hydrogens (primary N) is 1. The fourth-order valence-electron chi connectivity index (χ4n) is 2.36. The van der Waals surface area contributed by atoms with Crippen LogP contribution in [0.3, 0.4) is 0 Å². The molecule has 1 aromatic heterocycles. The smallest absolute Gasteiger partial charge is 0.363 e. The Balaban J connectivity index is 1.79. The van der Waals surface area contributed by atoms with Crippen LogP contribution < -0.4 is 11.4 Å². The van der Waals surface area contributed by atoms with Crippen LogP contribution in [0.1, 0.15) is 15.9 Å². The highest BCUT2D eigenvalue weighted by Gasteiger charge is 2.31. The predicted octanol–water partition coefficient (Wildman–Crippen LogP) is -0.132. The Bertz CT molecular complexity index is 781. The zero-order chi connectivity index (χ0) is 15.1. The van der Waals surface area contributed by atoms with E-state index >= 15 is 0 Å². The van der Waals surface area contributed by atoms with Crippen molar-refractivity contribution in [2.75, 3.05) is 12.3 Å². The molecule has 2 aromatic rings. The van der Waals surface area contributed by atoms with Crippen LogP contribution in [0, 0.1) is 0 Å². The summed E-state index contributed by atoms with van der Waals surface area (Å²) < 4.78 is 2.34. The van der Waals surface area contributed by atoms with Gasteiger partial charge in [-0.1, -0.05) is 11.6 Å². The molecule has 0 spiro atoms. The van der Waals surface area contributed by atoms with E-state index in [1.807, 2.05) is 0 Å². The molecule has 2 N–H and O–H groups in total. The van der Waals surface area contributed by atoms with Crippen LogP contribution in [0.5, 0.6) is 0 Å². The van der Waals surface area contributed by atoms with Crippen LogP contribution in [-0.4, -0.2) is 37.1 Å². The van der Waals surface area contributed by atoms with Crippen molar-refractivity contribution in [3.63, 3.8) is 0 Å². The van der Waals surface area contributed by atoms with E-state index in [0.29, 0.717) is 29.4 Å². The molecule has 9 heteroatoms. The summed E-state index contributed by atoms with van der Waals surface area (Å²) in [5, 5.41) is 7.85. The molecule has 3 rings (SSSR count). The number of carbonyl (C=O) groups excluding carboxylic acids is 1. The first kappa shape index (κ1) is 13.6. The van der Waals surface area contributed by atoms with E-state index in [2.05, 4.69) is 10.4 Å². The van der Waals surface area contributed by atoms with Gasteiger partial charge in [-0.15, -0.1) is 0 Å². The molecule has 1 aliphatic rings. The van der Waals surface area contributed by atoms with Crippen LogP contribution in [0.15, 0.2) is 16.9 Å². The maximum absolute atomic E-state index is 12.3. The number of carbonyl (C=O) groups is 1. The Morgan fingerprint density at radius 3 is 2.67 bits per heavy atom. The van der Waals surface area contributed by atoms with Crippen LogP contribution >= 0.6 is 11.6 Å². The third-order valence-corrected chi connectivity index (χ3v) is 3.85. The number of fused-ring (bicyclic) bond motifs is 1. The Hall–Kier alpha value is -2.35. The zero-order valence-electron chi connectivity index (χ0n) is 11.3. The van der Waals surface area contributed by atoms with Gasteiger partial charge in [0.25, 0.3) is 5.91 Å². The van der Waals surface area contributed by atoms with Gasteiger partial charge in [-0.3, -0.25) is 4.79 Å². The molecule has 8 nitrogen and oxygen atoms in total. The van der Waals surface area contributed by atoms with Gasteiger partial charge in [0.15, 0.2) is 0 Å². The zero-order valence-corrected chi connectivity index (χ0v) is 12.0. The lowest BCUT2D eigenvalue weighted by molar-refractivity contribution is 0.0771. The van der Waals surface area contributed by atoms with E-state index in [4.69, 9.17) is 17.3 Å². The van der Waals surface area contributed by atoms with Crippen molar-refractivity contribution >= 4 is 23.2 Å². The van der Waals surface area contributed by atoms with Crippen molar-refractivity contribution in [3.05, 3.63) is 38.8 Å². The molecule has 0 unspecified atom stereocenters. The van der Waals surface area contributed by atoms with E-state index in [9.17, 15) is 9.59 Å². The topological polar surface area (TPSA) is 99.0 Å². The number of halogens is 1. The molecule has 1 amide bonds. The SMILES string of the molecule is Cn1nnn(CCN2Cc3c(Cl)ccc(N)c3C2=O)c1=O. The maximum Gasteiger partial charge on any atom is 0.363 e. The molecular weight excluding hydrogens is 296 g/mol. The van der Waals surface area contributed by atoms with Crippen molar-refractivity contribution in [1.82, 2.24) is 24.7 Å². The lowest BCUT2D eigenvalue weighted by Crippen LogP contribution is -2.32. The minimum atomic E-state index is -0.322. The molecule has 1 aliphatic heterocycles. The van der Waals surface area contributed by atoms with E-state index in [-0.39, 0.29) is 18.1 Å². The summed E-state index contributed by atoms with van der Waals surface area (Å²) in [5.74, 6) is -0.179. The third kappa shape index (κ3) is 2.17. The van der Waals surface area contributed by atoms with Gasteiger partial charge in [-0.05, 0) is 22.6 Å². The fourth-order valence-corrected chi connectivity index (χ4v) is 2.57. The number of hydrogen-bond acceptors (Lipinski definition) is 5. The Kier molecular flexibility index (Phi) is 3.17. The number of nitrogens with zero attached hydrogens (tertiary/aromatic N) is 5. The maximum atomic E-state index is 12.3.